The van der Waals surface area contributed by atoms with Crippen LogP contribution in [0.2, 0.25) is 0 Å². The second kappa shape index (κ2) is 6.58. The maximum atomic E-state index is 8.75. The van der Waals surface area contributed by atoms with Crippen LogP contribution in [-0.4, -0.2) is 28.0 Å². The largest absolute Gasteiger partial charge is 0.396 e. The Balaban J connectivity index is 2.19. The van der Waals surface area contributed by atoms with Crippen LogP contribution in [0.5, 0.6) is 0 Å². The van der Waals surface area contributed by atoms with Crippen LogP contribution < -0.4 is 5.32 Å². The Bertz CT molecular complexity index is 273. The molecule has 0 aliphatic heterocycles. The fourth-order valence-corrected chi connectivity index (χ4v) is 1.46. The van der Waals surface area contributed by atoms with E-state index in [1.165, 1.54) is 5.56 Å². The number of aliphatic hydroxyl groups is 1. The van der Waals surface area contributed by atoms with E-state index in [4.69, 9.17) is 5.11 Å². The summed E-state index contributed by atoms with van der Waals surface area (Å²) in [6, 6.07) is 0. The number of hydrogen-bond donors (Lipinski definition) is 2. The zero-order chi connectivity index (χ0) is 11.1. The molecule has 0 spiro atoms. The van der Waals surface area contributed by atoms with Crippen molar-refractivity contribution in [1.82, 2.24) is 15.1 Å². The highest BCUT2D eigenvalue weighted by Gasteiger charge is 2.01. The third-order valence-corrected chi connectivity index (χ3v) is 2.45. The number of hydrogen-bond acceptors (Lipinski definition) is 3. The normalized spacial score (nSPS) is 13.0. The van der Waals surface area contributed by atoms with E-state index < -0.39 is 0 Å². The van der Waals surface area contributed by atoms with Crippen LogP contribution in [0.1, 0.15) is 25.8 Å². The summed E-state index contributed by atoms with van der Waals surface area (Å²) < 4.78 is 1.92. The van der Waals surface area contributed by atoms with Crippen molar-refractivity contribution in [3.8, 4) is 0 Å². The summed E-state index contributed by atoms with van der Waals surface area (Å²) in [4.78, 5) is 0. The number of nitrogens with zero attached hydrogens (tertiary/aromatic N) is 2. The van der Waals surface area contributed by atoms with E-state index >= 15 is 0 Å². The van der Waals surface area contributed by atoms with Gasteiger partial charge in [-0.3, -0.25) is 4.68 Å². The summed E-state index contributed by atoms with van der Waals surface area (Å²) in [5, 5.41) is 16.3. The van der Waals surface area contributed by atoms with Gasteiger partial charge in [0.05, 0.1) is 6.20 Å². The van der Waals surface area contributed by atoms with Crippen LogP contribution in [0.3, 0.4) is 0 Å². The van der Waals surface area contributed by atoms with Crippen LogP contribution in [0.4, 0.5) is 0 Å². The fourth-order valence-electron chi connectivity index (χ4n) is 1.46. The van der Waals surface area contributed by atoms with Gasteiger partial charge in [0.2, 0.25) is 0 Å². The van der Waals surface area contributed by atoms with E-state index in [0.29, 0.717) is 5.92 Å². The van der Waals surface area contributed by atoms with Crippen molar-refractivity contribution in [2.24, 2.45) is 5.92 Å². The summed E-state index contributed by atoms with van der Waals surface area (Å²) in [5.74, 6) is 0.524. The first-order valence-corrected chi connectivity index (χ1v) is 5.59. The lowest BCUT2D eigenvalue weighted by molar-refractivity contribution is 0.260. The lowest BCUT2D eigenvalue weighted by Crippen LogP contribution is -2.21. The molecule has 0 aliphatic rings. The number of aromatic nitrogens is 2. The third kappa shape index (κ3) is 4.44. The van der Waals surface area contributed by atoms with E-state index in [1.54, 1.807) is 0 Å². The lowest BCUT2D eigenvalue weighted by atomic mass is 10.1. The van der Waals surface area contributed by atoms with E-state index in [1.807, 2.05) is 10.9 Å². The molecular weight excluding hydrogens is 190 g/mol. The predicted molar refractivity (Wildman–Crippen MR) is 60.5 cm³/mol. The molecule has 0 fully saturated rings. The number of nitrogens with one attached hydrogen (secondary N) is 1. The van der Waals surface area contributed by atoms with Gasteiger partial charge < -0.3 is 10.4 Å². The standard InChI is InChI=1S/C11H21N3O/c1-3-14-9-11(8-13-14)7-12-6-10(2)4-5-15/h8-10,12,15H,3-7H2,1-2H3. The highest BCUT2D eigenvalue weighted by Crippen LogP contribution is 2.00. The van der Waals surface area contributed by atoms with Crippen molar-refractivity contribution in [3.63, 3.8) is 0 Å². The SMILES string of the molecule is CCn1cc(CNCC(C)CCO)cn1. The van der Waals surface area contributed by atoms with Crippen LogP contribution in [0.25, 0.3) is 0 Å². The third-order valence-electron chi connectivity index (χ3n) is 2.45. The molecule has 0 aliphatic carbocycles. The monoisotopic (exact) mass is 211 g/mol. The van der Waals surface area contributed by atoms with Crippen LogP contribution in [0.15, 0.2) is 12.4 Å². The molecule has 86 valence electrons. The van der Waals surface area contributed by atoms with Gasteiger partial charge in [-0.1, -0.05) is 6.92 Å². The molecule has 1 heterocycles. The molecule has 1 aromatic rings. The van der Waals surface area contributed by atoms with Crippen LogP contribution in [0, 0.1) is 5.92 Å². The van der Waals surface area contributed by atoms with Gasteiger partial charge in [-0.2, -0.15) is 5.10 Å². The molecule has 1 rings (SSSR count). The first kappa shape index (κ1) is 12.2. The average molecular weight is 211 g/mol. The zero-order valence-electron chi connectivity index (χ0n) is 9.61. The molecule has 0 bridgehead atoms. The Morgan fingerprint density at radius 3 is 3.00 bits per heavy atom. The minimum Gasteiger partial charge on any atom is -0.396 e. The van der Waals surface area contributed by atoms with Crippen LogP contribution in [-0.2, 0) is 13.1 Å². The molecular formula is C11H21N3O. The molecule has 1 aromatic heterocycles. The van der Waals surface area contributed by atoms with Crippen molar-refractivity contribution in [1.29, 1.82) is 0 Å². The Hall–Kier alpha value is -0.870. The summed E-state index contributed by atoms with van der Waals surface area (Å²) in [6.45, 7) is 7.21. The molecule has 15 heavy (non-hydrogen) atoms. The van der Waals surface area contributed by atoms with Gasteiger partial charge in [0, 0.05) is 31.5 Å². The fraction of sp³-hybridized carbons (Fsp3) is 0.727. The second-order valence-electron chi connectivity index (χ2n) is 3.95. The van der Waals surface area contributed by atoms with Crippen molar-refractivity contribution in [2.75, 3.05) is 13.2 Å². The molecule has 0 aromatic carbocycles. The second-order valence-corrected chi connectivity index (χ2v) is 3.95. The van der Waals surface area contributed by atoms with E-state index in [2.05, 4.69) is 30.5 Å². The highest BCUT2D eigenvalue weighted by atomic mass is 16.3. The Morgan fingerprint density at radius 2 is 2.40 bits per heavy atom. The number of rotatable bonds is 7. The first-order chi connectivity index (χ1) is 7.26. The van der Waals surface area contributed by atoms with Crippen molar-refractivity contribution in [3.05, 3.63) is 18.0 Å². The summed E-state index contributed by atoms with van der Waals surface area (Å²) in [5.41, 5.74) is 1.22. The number of aryl methyl sites for hydroxylation is 1. The van der Waals surface area contributed by atoms with Gasteiger partial charge in [-0.05, 0) is 25.8 Å². The zero-order valence-corrected chi connectivity index (χ0v) is 9.61. The summed E-state index contributed by atoms with van der Waals surface area (Å²) in [6.07, 6.45) is 4.82. The molecule has 0 amide bonds. The topological polar surface area (TPSA) is 50.1 Å². The predicted octanol–water partition coefficient (Wildman–Crippen LogP) is 1.01. The maximum absolute atomic E-state index is 8.75. The molecule has 0 saturated heterocycles. The Kier molecular flexibility index (Phi) is 5.36. The number of aliphatic hydroxyl groups excluding tert-OH is 1. The van der Waals surface area contributed by atoms with Gasteiger partial charge in [0.1, 0.15) is 0 Å². The smallest absolute Gasteiger partial charge is 0.0534 e. The van der Waals surface area contributed by atoms with E-state index in [0.717, 1.165) is 26.1 Å². The minimum atomic E-state index is 0.274. The van der Waals surface area contributed by atoms with E-state index in [-0.39, 0.29) is 6.61 Å². The summed E-state index contributed by atoms with van der Waals surface area (Å²) >= 11 is 0. The van der Waals surface area contributed by atoms with Gasteiger partial charge in [-0.15, -0.1) is 0 Å². The maximum Gasteiger partial charge on any atom is 0.0534 e. The first-order valence-electron chi connectivity index (χ1n) is 5.59. The van der Waals surface area contributed by atoms with Gasteiger partial charge >= 0.3 is 0 Å². The minimum absolute atomic E-state index is 0.274. The van der Waals surface area contributed by atoms with Gasteiger partial charge in [0.25, 0.3) is 0 Å². The Morgan fingerprint density at radius 1 is 1.60 bits per heavy atom. The molecule has 0 saturated carbocycles. The molecule has 2 N–H and O–H groups in total. The highest BCUT2D eigenvalue weighted by molar-refractivity contribution is 5.03. The molecule has 4 nitrogen and oxygen atoms in total. The summed E-state index contributed by atoms with van der Waals surface area (Å²) in [7, 11) is 0. The van der Waals surface area contributed by atoms with Crippen LogP contribution >= 0.6 is 0 Å². The van der Waals surface area contributed by atoms with Gasteiger partial charge in [-0.25, -0.2) is 0 Å². The van der Waals surface area contributed by atoms with Gasteiger partial charge in [0.15, 0.2) is 0 Å². The van der Waals surface area contributed by atoms with Crippen molar-refractivity contribution in [2.45, 2.75) is 33.4 Å². The molecule has 1 atom stereocenters. The van der Waals surface area contributed by atoms with Crippen molar-refractivity contribution < 1.29 is 5.11 Å². The average Bonchev–Trinajstić information content (AvgIpc) is 2.66. The van der Waals surface area contributed by atoms with E-state index in [9.17, 15) is 0 Å². The lowest BCUT2D eigenvalue weighted by Gasteiger charge is -2.09. The quantitative estimate of drug-likeness (QED) is 0.707. The molecule has 0 radical (unpaired) electrons. The van der Waals surface area contributed by atoms with Crippen molar-refractivity contribution >= 4 is 0 Å². The Labute approximate surface area is 91.3 Å². The molecule has 1 unspecified atom stereocenters. The molecule has 4 heteroatoms.